The number of carbonyl (C=O) groups is 1. The summed E-state index contributed by atoms with van der Waals surface area (Å²) >= 11 is 0. The van der Waals surface area contributed by atoms with E-state index < -0.39 is 18.4 Å². The molecule has 4 aromatic heterocycles. The van der Waals surface area contributed by atoms with Gasteiger partial charge in [-0.2, -0.15) is 0 Å². The molecule has 1 amide bonds. The quantitative estimate of drug-likeness (QED) is 0.421. The Balaban J connectivity index is 1.64. The number of fused-ring (bicyclic) bond motifs is 2. The number of hydrogen-bond acceptors (Lipinski definition) is 8. The Morgan fingerprint density at radius 3 is 2.85 bits per heavy atom. The number of nitrogens with one attached hydrogen (secondary N) is 2. The number of carbonyl (C=O) groups excluding carboxylic acids is 1. The molecule has 11 heteroatoms. The molecule has 1 aliphatic carbocycles. The molecular weight excluding hydrogens is 427 g/mol. The van der Waals surface area contributed by atoms with Gasteiger partial charge in [0.1, 0.15) is 11.3 Å². The molecule has 0 radical (unpaired) electrons. The van der Waals surface area contributed by atoms with Crippen LogP contribution in [0.2, 0.25) is 0 Å². The van der Waals surface area contributed by atoms with E-state index >= 15 is 0 Å². The van der Waals surface area contributed by atoms with Gasteiger partial charge in [0.15, 0.2) is 23.1 Å². The monoisotopic (exact) mass is 453 g/mol. The molecule has 0 bridgehead atoms. The Morgan fingerprint density at radius 1 is 1.36 bits per heavy atom. The number of nitrogens with zero attached hydrogens (tertiary/aromatic N) is 6. The first-order chi connectivity index (χ1) is 16.8. The van der Waals surface area contributed by atoms with Gasteiger partial charge in [-0.25, -0.2) is 18.9 Å². The molecule has 4 heterocycles. The van der Waals surface area contributed by atoms with Gasteiger partial charge < -0.3 is 15.7 Å². The third kappa shape index (κ3) is 3.74. The van der Waals surface area contributed by atoms with Gasteiger partial charge in [0.25, 0.3) is 0 Å². The van der Waals surface area contributed by atoms with Crippen LogP contribution >= 0.6 is 0 Å². The van der Waals surface area contributed by atoms with Crippen molar-refractivity contribution in [3.63, 3.8) is 0 Å². The highest BCUT2D eigenvalue weighted by Gasteiger charge is 2.39. The van der Waals surface area contributed by atoms with Crippen LogP contribution in [0.1, 0.15) is 36.9 Å². The lowest BCUT2D eigenvalue weighted by molar-refractivity contribution is -0.117. The fraction of sp³-hybridized carbons (Fsp3) is 0.364. The largest absolute Gasteiger partial charge is 0.386 e. The van der Waals surface area contributed by atoms with Crippen molar-refractivity contribution in [1.82, 2.24) is 29.8 Å². The summed E-state index contributed by atoms with van der Waals surface area (Å²) in [5.74, 6) is -0.308. The Bertz CT molecular complexity index is 1520. The average Bonchev–Trinajstić information content (AvgIpc) is 3.36. The summed E-state index contributed by atoms with van der Waals surface area (Å²) in [5.41, 5.74) is -0.726. The molecule has 10 nitrogen and oxygen atoms in total. The molecule has 0 aliphatic heterocycles. The summed E-state index contributed by atoms with van der Waals surface area (Å²) in [4.78, 5) is 21.0. The second-order valence-corrected chi connectivity index (χ2v) is 8.78. The number of aromatic nitrogens is 6. The van der Waals surface area contributed by atoms with Crippen molar-refractivity contribution >= 4 is 34.1 Å². The molecule has 33 heavy (non-hydrogen) atoms. The summed E-state index contributed by atoms with van der Waals surface area (Å²) in [7, 11) is 0. The van der Waals surface area contributed by atoms with Gasteiger partial charge >= 0.3 is 0 Å². The SMILES string of the molecule is [2H]C([2H])([2H])Nc1ncc(-c2nc3cc(F)c(C(C)(C)O)cn3n2)c2cc(NC(=O)[C@H]3C[C@H]3C)nnc12. The normalized spacial score (nSPS) is 19.7. The molecule has 1 fully saturated rings. The van der Waals surface area contributed by atoms with Gasteiger partial charge in [-0.15, -0.1) is 15.3 Å². The molecule has 2 atom stereocenters. The predicted molar refractivity (Wildman–Crippen MR) is 120 cm³/mol. The molecule has 0 spiro atoms. The summed E-state index contributed by atoms with van der Waals surface area (Å²) in [5, 5.41) is 28.3. The van der Waals surface area contributed by atoms with E-state index in [1.807, 2.05) is 6.92 Å². The van der Waals surface area contributed by atoms with Gasteiger partial charge in [-0.05, 0) is 32.3 Å². The molecule has 1 aliphatic rings. The van der Waals surface area contributed by atoms with Crippen molar-refractivity contribution in [3.8, 4) is 11.4 Å². The number of amides is 1. The summed E-state index contributed by atoms with van der Waals surface area (Å²) < 4.78 is 38.5. The average molecular weight is 453 g/mol. The fourth-order valence-corrected chi connectivity index (χ4v) is 3.74. The van der Waals surface area contributed by atoms with Crippen molar-refractivity contribution in [2.24, 2.45) is 11.8 Å². The van der Waals surface area contributed by atoms with Crippen molar-refractivity contribution in [3.05, 3.63) is 35.9 Å². The summed E-state index contributed by atoms with van der Waals surface area (Å²) in [6.45, 7) is 2.36. The number of aliphatic hydroxyl groups is 1. The van der Waals surface area contributed by atoms with Crippen LogP contribution in [0.25, 0.3) is 27.9 Å². The lowest BCUT2D eigenvalue weighted by atomic mass is 10.0. The standard InChI is InChI=1S/C22H23FN8O2/c1-10-5-11(10)21(32)26-16-6-12-13(8-25-20(24-4)18(12)29-28-16)19-27-17-7-15(23)14(22(2,3)33)9-31(17)30-19/h6-11,33H,5H2,1-4H3,(H,24,25)(H,26,28,32)/t10-,11+/m1/s1/i4D3. The van der Waals surface area contributed by atoms with E-state index in [-0.39, 0.29) is 46.0 Å². The fourth-order valence-electron chi connectivity index (χ4n) is 3.74. The van der Waals surface area contributed by atoms with E-state index in [1.165, 1.54) is 30.8 Å². The zero-order chi connectivity index (χ0) is 26.0. The highest BCUT2D eigenvalue weighted by molar-refractivity contribution is 6.01. The van der Waals surface area contributed by atoms with Gasteiger partial charge in [0.05, 0.1) is 5.60 Å². The van der Waals surface area contributed by atoms with Crippen molar-refractivity contribution in [1.29, 1.82) is 0 Å². The first-order valence-electron chi connectivity index (χ1n) is 11.8. The van der Waals surface area contributed by atoms with E-state index in [9.17, 15) is 14.3 Å². The molecule has 3 N–H and O–H groups in total. The van der Waals surface area contributed by atoms with Gasteiger partial charge in [0.2, 0.25) is 5.91 Å². The molecular formula is C22H23FN8O2. The van der Waals surface area contributed by atoms with Crippen LogP contribution in [0.5, 0.6) is 0 Å². The first kappa shape index (κ1) is 17.8. The molecule has 4 aromatic rings. The molecule has 5 rings (SSSR count). The molecule has 170 valence electrons. The zero-order valence-corrected chi connectivity index (χ0v) is 18.1. The zero-order valence-electron chi connectivity index (χ0n) is 21.1. The Kier molecular flexibility index (Phi) is 3.99. The van der Waals surface area contributed by atoms with E-state index in [4.69, 9.17) is 4.11 Å². The van der Waals surface area contributed by atoms with Crippen LogP contribution in [0.15, 0.2) is 24.5 Å². The molecule has 0 unspecified atom stereocenters. The van der Waals surface area contributed by atoms with Crippen LogP contribution in [0, 0.1) is 17.7 Å². The minimum absolute atomic E-state index is 0.0333. The smallest absolute Gasteiger partial charge is 0.228 e. The summed E-state index contributed by atoms with van der Waals surface area (Å²) in [6.07, 6.45) is 3.52. The van der Waals surface area contributed by atoms with Gasteiger partial charge in [-0.3, -0.25) is 4.79 Å². The lowest BCUT2D eigenvalue weighted by Gasteiger charge is -2.18. The highest BCUT2D eigenvalue weighted by atomic mass is 19.1. The Labute approximate surface area is 192 Å². The third-order valence-electron chi connectivity index (χ3n) is 5.77. The second-order valence-electron chi connectivity index (χ2n) is 8.78. The van der Waals surface area contributed by atoms with Crippen LogP contribution in [0.4, 0.5) is 16.0 Å². The Hall–Kier alpha value is -3.73. The number of pyridine rings is 2. The molecule has 1 saturated carbocycles. The third-order valence-corrected chi connectivity index (χ3v) is 5.77. The topological polar surface area (TPSA) is 130 Å². The number of rotatable bonds is 5. The maximum atomic E-state index is 14.6. The van der Waals surface area contributed by atoms with Crippen molar-refractivity contribution in [2.75, 3.05) is 17.6 Å². The van der Waals surface area contributed by atoms with Gasteiger partial charge in [0, 0.05) is 52.0 Å². The van der Waals surface area contributed by atoms with E-state index in [2.05, 4.69) is 35.9 Å². The Morgan fingerprint density at radius 2 is 2.15 bits per heavy atom. The lowest BCUT2D eigenvalue weighted by Crippen LogP contribution is -2.18. The molecule has 0 saturated heterocycles. The number of anilines is 2. The van der Waals surface area contributed by atoms with Crippen LogP contribution < -0.4 is 10.6 Å². The van der Waals surface area contributed by atoms with E-state index in [0.717, 1.165) is 12.5 Å². The first-order valence-corrected chi connectivity index (χ1v) is 10.3. The molecule has 0 aromatic carbocycles. The number of hydrogen-bond donors (Lipinski definition) is 3. The minimum atomic E-state index is -2.54. The van der Waals surface area contributed by atoms with Crippen LogP contribution in [0.3, 0.4) is 0 Å². The van der Waals surface area contributed by atoms with Crippen molar-refractivity contribution in [2.45, 2.75) is 32.8 Å². The summed E-state index contributed by atoms with van der Waals surface area (Å²) in [6, 6.07) is 2.70. The maximum Gasteiger partial charge on any atom is 0.228 e. The minimum Gasteiger partial charge on any atom is -0.386 e. The number of halogens is 1. The van der Waals surface area contributed by atoms with E-state index in [0.29, 0.717) is 16.9 Å². The van der Waals surface area contributed by atoms with Crippen LogP contribution in [-0.4, -0.2) is 47.8 Å². The van der Waals surface area contributed by atoms with E-state index in [1.54, 1.807) is 6.07 Å². The maximum absolute atomic E-state index is 14.6. The van der Waals surface area contributed by atoms with Crippen molar-refractivity contribution < 1.29 is 18.4 Å². The van der Waals surface area contributed by atoms with Gasteiger partial charge in [-0.1, -0.05) is 6.92 Å². The predicted octanol–water partition coefficient (Wildman–Crippen LogP) is 2.74. The highest BCUT2D eigenvalue weighted by Crippen LogP contribution is 2.38. The second kappa shape index (κ2) is 7.41. The van der Waals surface area contributed by atoms with Crippen LogP contribution in [-0.2, 0) is 10.4 Å².